The number of ether oxygens (including phenoxy) is 1. The number of methoxy groups -OCH3 is 1. The number of H-pyrrole nitrogens is 1. The van der Waals surface area contributed by atoms with E-state index in [0.29, 0.717) is 17.9 Å². The fraction of sp³-hybridized carbons (Fsp3) is 0.133. The molecule has 0 fully saturated rings. The van der Waals surface area contributed by atoms with Crippen LogP contribution in [0.1, 0.15) is 21.6 Å². The predicted molar refractivity (Wildman–Crippen MR) is 77.8 cm³/mol. The molecular weight excluding hydrogens is 284 g/mol. The fourth-order valence-corrected chi connectivity index (χ4v) is 2.31. The van der Waals surface area contributed by atoms with Crippen LogP contribution in [0.25, 0.3) is 16.6 Å². The molecule has 2 heterocycles. The molecular formula is C15H12N4O3. The largest absolute Gasteiger partial charge is 0.478 e. The van der Waals surface area contributed by atoms with Gasteiger partial charge >= 0.3 is 5.97 Å². The predicted octanol–water partition coefficient (Wildman–Crippen LogP) is 2.07. The first-order valence-corrected chi connectivity index (χ1v) is 6.45. The second-order valence-electron chi connectivity index (χ2n) is 4.78. The van der Waals surface area contributed by atoms with Gasteiger partial charge in [0.25, 0.3) is 0 Å². The van der Waals surface area contributed by atoms with E-state index in [2.05, 4.69) is 16.2 Å². The van der Waals surface area contributed by atoms with Gasteiger partial charge in [0, 0.05) is 24.4 Å². The first kappa shape index (κ1) is 13.9. The van der Waals surface area contributed by atoms with E-state index in [1.54, 1.807) is 13.2 Å². The van der Waals surface area contributed by atoms with Crippen molar-refractivity contribution in [3.63, 3.8) is 0 Å². The molecule has 7 nitrogen and oxygen atoms in total. The summed E-state index contributed by atoms with van der Waals surface area (Å²) in [6.45, 7) is 0.416. The summed E-state index contributed by atoms with van der Waals surface area (Å²) in [6.07, 6.45) is 2.68. The Morgan fingerprint density at radius 1 is 1.50 bits per heavy atom. The van der Waals surface area contributed by atoms with Crippen LogP contribution >= 0.6 is 0 Å². The number of nitrogens with one attached hydrogen (secondary N) is 1. The molecule has 0 aliphatic carbocycles. The molecule has 2 N–H and O–H groups in total. The molecule has 0 amide bonds. The Kier molecular flexibility index (Phi) is 3.37. The van der Waals surface area contributed by atoms with Crippen LogP contribution in [0.15, 0.2) is 30.6 Å². The van der Waals surface area contributed by atoms with E-state index < -0.39 is 5.97 Å². The van der Waals surface area contributed by atoms with Gasteiger partial charge in [-0.1, -0.05) is 0 Å². The average Bonchev–Trinajstić information content (AvgIpc) is 3.12. The number of carbonyl (C=O) groups is 1. The molecule has 3 aromatic rings. The number of benzene rings is 1. The highest BCUT2D eigenvalue weighted by molar-refractivity contribution is 5.89. The quantitative estimate of drug-likeness (QED) is 0.767. The summed E-state index contributed by atoms with van der Waals surface area (Å²) in [6, 6.07) is 7.53. The van der Waals surface area contributed by atoms with Gasteiger partial charge in [0.05, 0.1) is 35.1 Å². The third-order valence-electron chi connectivity index (χ3n) is 3.28. The number of aromatic carboxylic acids is 1. The second kappa shape index (κ2) is 5.35. The highest BCUT2D eigenvalue weighted by Crippen LogP contribution is 2.24. The Bertz CT molecular complexity index is 901. The maximum absolute atomic E-state index is 10.9. The number of aromatic nitrogens is 3. The van der Waals surface area contributed by atoms with Gasteiger partial charge in [0.1, 0.15) is 6.07 Å². The Morgan fingerprint density at radius 3 is 2.95 bits per heavy atom. The maximum atomic E-state index is 10.9. The lowest BCUT2D eigenvalue weighted by Crippen LogP contribution is -1.96. The molecule has 3 rings (SSSR count). The molecule has 2 aromatic heterocycles. The smallest absolute Gasteiger partial charge is 0.338 e. The third-order valence-corrected chi connectivity index (χ3v) is 3.28. The normalized spacial score (nSPS) is 10.7. The number of rotatable bonds is 4. The fourth-order valence-electron chi connectivity index (χ4n) is 2.31. The van der Waals surface area contributed by atoms with Crippen molar-refractivity contribution >= 4 is 16.9 Å². The van der Waals surface area contributed by atoms with Crippen molar-refractivity contribution in [2.24, 2.45) is 0 Å². The van der Waals surface area contributed by atoms with Gasteiger partial charge in [-0.15, -0.1) is 0 Å². The van der Waals surface area contributed by atoms with Crippen molar-refractivity contribution in [1.29, 1.82) is 5.26 Å². The molecule has 1 aromatic carbocycles. The van der Waals surface area contributed by atoms with Crippen LogP contribution in [0.2, 0.25) is 0 Å². The van der Waals surface area contributed by atoms with E-state index in [1.807, 2.05) is 12.1 Å². The maximum Gasteiger partial charge on any atom is 0.338 e. The van der Waals surface area contributed by atoms with Crippen LogP contribution in [0.4, 0.5) is 0 Å². The topological polar surface area (TPSA) is 104 Å². The number of hydrogen-bond acceptors (Lipinski definition) is 4. The second-order valence-corrected chi connectivity index (χ2v) is 4.78. The van der Waals surface area contributed by atoms with Crippen molar-refractivity contribution in [1.82, 2.24) is 14.8 Å². The van der Waals surface area contributed by atoms with Gasteiger partial charge in [0.2, 0.25) is 0 Å². The summed E-state index contributed by atoms with van der Waals surface area (Å²) in [5, 5.41) is 23.1. The number of fused-ring (bicyclic) bond motifs is 1. The number of hydrogen-bond donors (Lipinski definition) is 2. The first-order chi connectivity index (χ1) is 10.6. The van der Waals surface area contributed by atoms with Crippen molar-refractivity contribution in [2.75, 3.05) is 7.11 Å². The van der Waals surface area contributed by atoms with E-state index in [0.717, 1.165) is 16.6 Å². The minimum Gasteiger partial charge on any atom is -0.478 e. The van der Waals surface area contributed by atoms with Gasteiger partial charge in [0.15, 0.2) is 0 Å². The zero-order valence-corrected chi connectivity index (χ0v) is 11.7. The Morgan fingerprint density at radius 2 is 2.32 bits per heavy atom. The Hall–Kier alpha value is -3.11. The standard InChI is InChI=1S/C15H12N4O3/c1-22-8-12-2-9-3-13(4-10(5-16)14(9)18-12)19-7-11(6-17-19)15(20)21/h2-4,6-7,18H,8H2,1H3,(H,20,21). The summed E-state index contributed by atoms with van der Waals surface area (Å²) in [4.78, 5) is 14.1. The summed E-state index contributed by atoms with van der Waals surface area (Å²) < 4.78 is 6.52. The number of aromatic amines is 1. The monoisotopic (exact) mass is 296 g/mol. The lowest BCUT2D eigenvalue weighted by atomic mass is 10.1. The van der Waals surface area contributed by atoms with Crippen molar-refractivity contribution < 1.29 is 14.6 Å². The van der Waals surface area contributed by atoms with Crippen molar-refractivity contribution in [2.45, 2.75) is 6.61 Å². The minimum atomic E-state index is -1.04. The van der Waals surface area contributed by atoms with Crippen molar-refractivity contribution in [3.05, 3.63) is 47.4 Å². The molecule has 0 radical (unpaired) electrons. The molecule has 22 heavy (non-hydrogen) atoms. The van der Waals surface area contributed by atoms with Gasteiger partial charge < -0.3 is 14.8 Å². The van der Waals surface area contributed by atoms with Gasteiger partial charge in [-0.2, -0.15) is 10.4 Å². The summed E-state index contributed by atoms with van der Waals surface area (Å²) in [5.74, 6) is -1.04. The lowest BCUT2D eigenvalue weighted by molar-refractivity contribution is 0.0697. The van der Waals surface area contributed by atoms with Gasteiger partial charge in [-0.3, -0.25) is 0 Å². The number of carboxylic acid groups (broad SMARTS) is 1. The number of carboxylic acids is 1. The molecule has 7 heteroatoms. The van der Waals surface area contributed by atoms with E-state index in [4.69, 9.17) is 9.84 Å². The molecule has 0 spiro atoms. The highest BCUT2D eigenvalue weighted by Gasteiger charge is 2.11. The van der Waals surface area contributed by atoms with E-state index >= 15 is 0 Å². The van der Waals surface area contributed by atoms with Crippen LogP contribution in [-0.2, 0) is 11.3 Å². The van der Waals surface area contributed by atoms with E-state index in [1.165, 1.54) is 17.1 Å². The summed E-state index contributed by atoms with van der Waals surface area (Å²) in [5.41, 5.74) is 2.76. The van der Waals surface area contributed by atoms with Crippen molar-refractivity contribution in [3.8, 4) is 11.8 Å². The summed E-state index contributed by atoms with van der Waals surface area (Å²) >= 11 is 0. The zero-order chi connectivity index (χ0) is 15.7. The van der Waals surface area contributed by atoms with Crippen LogP contribution in [0, 0.1) is 11.3 Å². The molecule has 0 unspecified atom stereocenters. The van der Waals surface area contributed by atoms with Crippen LogP contribution < -0.4 is 0 Å². The van der Waals surface area contributed by atoms with Crippen LogP contribution in [0.5, 0.6) is 0 Å². The van der Waals surface area contributed by atoms with Crippen LogP contribution in [-0.4, -0.2) is 33.0 Å². The SMILES string of the molecule is COCc1cc2cc(-n3cc(C(=O)O)cn3)cc(C#N)c2[nH]1. The van der Waals surface area contributed by atoms with Gasteiger partial charge in [-0.05, 0) is 18.2 Å². The number of nitriles is 1. The van der Waals surface area contributed by atoms with E-state index in [-0.39, 0.29) is 5.56 Å². The summed E-state index contributed by atoms with van der Waals surface area (Å²) in [7, 11) is 1.60. The lowest BCUT2D eigenvalue weighted by Gasteiger charge is -2.03. The Balaban J connectivity index is 2.13. The minimum absolute atomic E-state index is 0.0905. The third kappa shape index (κ3) is 2.32. The van der Waals surface area contributed by atoms with Crippen LogP contribution in [0.3, 0.4) is 0 Å². The molecule has 0 aliphatic heterocycles. The Labute approximate surface area is 125 Å². The molecule has 0 bridgehead atoms. The number of nitrogens with zero attached hydrogens (tertiary/aromatic N) is 3. The molecule has 0 aliphatic rings. The van der Waals surface area contributed by atoms with E-state index in [9.17, 15) is 10.1 Å². The molecule has 0 saturated heterocycles. The van der Waals surface area contributed by atoms with Gasteiger partial charge in [-0.25, -0.2) is 9.48 Å². The molecule has 0 saturated carbocycles. The average molecular weight is 296 g/mol. The zero-order valence-electron chi connectivity index (χ0n) is 11.7. The highest BCUT2D eigenvalue weighted by atomic mass is 16.5. The first-order valence-electron chi connectivity index (χ1n) is 6.45. The molecule has 0 atom stereocenters. The molecule has 110 valence electrons.